The summed E-state index contributed by atoms with van der Waals surface area (Å²) in [4.78, 5) is 25.3. The molecule has 1 amide bonds. The van der Waals surface area contributed by atoms with Gasteiger partial charge in [0.05, 0.1) is 7.11 Å². The average molecular weight is 317 g/mol. The van der Waals surface area contributed by atoms with Crippen molar-refractivity contribution in [2.75, 3.05) is 13.7 Å². The lowest BCUT2D eigenvalue weighted by atomic mass is 10.1. The van der Waals surface area contributed by atoms with E-state index in [-0.39, 0.29) is 5.91 Å². The van der Waals surface area contributed by atoms with E-state index in [1.54, 1.807) is 18.2 Å². The van der Waals surface area contributed by atoms with Crippen molar-refractivity contribution in [1.29, 1.82) is 0 Å². The molecule has 1 atom stereocenters. The molecule has 9 heteroatoms. The number of carboxylic acids is 1. The molecule has 2 aromatic rings. The van der Waals surface area contributed by atoms with Crippen LogP contribution in [-0.4, -0.2) is 61.8 Å². The molecule has 1 aliphatic rings. The van der Waals surface area contributed by atoms with Crippen molar-refractivity contribution >= 4 is 11.9 Å². The first-order valence-corrected chi connectivity index (χ1v) is 7.07. The van der Waals surface area contributed by atoms with Crippen LogP contribution in [-0.2, 0) is 4.79 Å². The lowest BCUT2D eigenvalue weighted by Crippen LogP contribution is -2.40. The number of hydrogen-bond donors (Lipinski definition) is 1. The number of carbonyl (C=O) groups is 2. The van der Waals surface area contributed by atoms with Crippen molar-refractivity contribution in [3.63, 3.8) is 0 Å². The second-order valence-electron chi connectivity index (χ2n) is 5.14. The molecule has 1 saturated heterocycles. The number of benzene rings is 1. The van der Waals surface area contributed by atoms with E-state index in [9.17, 15) is 14.7 Å². The van der Waals surface area contributed by atoms with Gasteiger partial charge in [0, 0.05) is 12.1 Å². The Morgan fingerprint density at radius 2 is 2.22 bits per heavy atom. The number of aromatic nitrogens is 4. The van der Waals surface area contributed by atoms with E-state index in [1.165, 1.54) is 23.0 Å². The zero-order chi connectivity index (χ0) is 16.4. The van der Waals surface area contributed by atoms with Crippen LogP contribution in [0.2, 0.25) is 0 Å². The second kappa shape index (κ2) is 6.03. The number of aliphatic carboxylic acids is 1. The van der Waals surface area contributed by atoms with Gasteiger partial charge in [0.15, 0.2) is 0 Å². The highest BCUT2D eigenvalue weighted by atomic mass is 16.5. The average Bonchev–Trinajstić information content (AvgIpc) is 3.24. The first-order valence-electron chi connectivity index (χ1n) is 7.07. The summed E-state index contributed by atoms with van der Waals surface area (Å²) in [5.74, 6) is -0.804. The summed E-state index contributed by atoms with van der Waals surface area (Å²) in [5.41, 5.74) is 0.874. The monoisotopic (exact) mass is 317 g/mol. The number of likely N-dealkylation sites (tertiary alicyclic amines) is 1. The first kappa shape index (κ1) is 14.9. The SMILES string of the molecule is COc1ccc(C(=O)N2CCC[C@@H]2C(=O)O)cc1-n1cnnn1. The lowest BCUT2D eigenvalue weighted by molar-refractivity contribution is -0.141. The van der Waals surface area contributed by atoms with Gasteiger partial charge >= 0.3 is 5.97 Å². The summed E-state index contributed by atoms with van der Waals surface area (Å²) < 4.78 is 6.64. The number of rotatable bonds is 4. The Morgan fingerprint density at radius 3 is 2.87 bits per heavy atom. The maximum absolute atomic E-state index is 12.6. The Kier molecular flexibility index (Phi) is 3.92. The molecular weight excluding hydrogens is 302 g/mol. The topological polar surface area (TPSA) is 110 Å². The van der Waals surface area contributed by atoms with Gasteiger partial charge in [-0.05, 0) is 41.5 Å². The largest absolute Gasteiger partial charge is 0.494 e. The zero-order valence-electron chi connectivity index (χ0n) is 12.4. The molecule has 2 heterocycles. The van der Waals surface area contributed by atoms with E-state index in [2.05, 4.69) is 15.5 Å². The van der Waals surface area contributed by atoms with E-state index in [0.29, 0.717) is 36.4 Å². The molecular formula is C14H15N5O4. The van der Waals surface area contributed by atoms with Crippen LogP contribution in [0.5, 0.6) is 5.75 Å². The molecule has 1 aliphatic heterocycles. The van der Waals surface area contributed by atoms with Crippen molar-refractivity contribution in [3.8, 4) is 11.4 Å². The molecule has 0 spiro atoms. The number of amides is 1. The molecule has 0 bridgehead atoms. The quantitative estimate of drug-likeness (QED) is 0.866. The third-order valence-electron chi connectivity index (χ3n) is 3.82. The number of tetrazole rings is 1. The Bertz CT molecular complexity index is 731. The van der Waals surface area contributed by atoms with Crippen LogP contribution in [0.25, 0.3) is 5.69 Å². The fourth-order valence-electron chi connectivity index (χ4n) is 2.71. The highest BCUT2D eigenvalue weighted by Crippen LogP contribution is 2.26. The fourth-order valence-corrected chi connectivity index (χ4v) is 2.71. The molecule has 1 N–H and O–H groups in total. The molecule has 3 rings (SSSR count). The third kappa shape index (κ3) is 2.72. The number of ether oxygens (including phenoxy) is 1. The van der Waals surface area contributed by atoms with E-state index in [4.69, 9.17) is 4.74 Å². The highest BCUT2D eigenvalue weighted by Gasteiger charge is 2.34. The van der Waals surface area contributed by atoms with Crippen LogP contribution < -0.4 is 4.74 Å². The fraction of sp³-hybridized carbons (Fsp3) is 0.357. The minimum Gasteiger partial charge on any atom is -0.494 e. The van der Waals surface area contributed by atoms with Gasteiger partial charge in [-0.25, -0.2) is 4.79 Å². The Hall–Kier alpha value is -2.97. The van der Waals surface area contributed by atoms with E-state index >= 15 is 0 Å². The van der Waals surface area contributed by atoms with Crippen molar-refractivity contribution in [2.45, 2.75) is 18.9 Å². The molecule has 0 aliphatic carbocycles. The number of hydrogen-bond acceptors (Lipinski definition) is 6. The maximum Gasteiger partial charge on any atom is 0.326 e. The van der Waals surface area contributed by atoms with Crippen LogP contribution in [0, 0.1) is 0 Å². The van der Waals surface area contributed by atoms with Crippen LogP contribution in [0.15, 0.2) is 24.5 Å². The molecule has 23 heavy (non-hydrogen) atoms. The smallest absolute Gasteiger partial charge is 0.326 e. The molecule has 9 nitrogen and oxygen atoms in total. The Morgan fingerprint density at radius 1 is 1.39 bits per heavy atom. The third-order valence-corrected chi connectivity index (χ3v) is 3.82. The summed E-state index contributed by atoms with van der Waals surface area (Å²) in [7, 11) is 1.51. The normalized spacial score (nSPS) is 17.3. The lowest BCUT2D eigenvalue weighted by Gasteiger charge is -2.22. The molecule has 120 valence electrons. The Labute approximate surface area is 131 Å². The molecule has 0 unspecified atom stereocenters. The first-order chi connectivity index (χ1) is 11.1. The summed E-state index contributed by atoms with van der Waals surface area (Å²) in [5, 5.41) is 20.1. The summed E-state index contributed by atoms with van der Waals surface area (Å²) >= 11 is 0. The van der Waals surface area contributed by atoms with Gasteiger partial charge in [-0.3, -0.25) is 4.79 Å². The maximum atomic E-state index is 12.6. The van der Waals surface area contributed by atoms with E-state index in [1.807, 2.05) is 0 Å². The van der Waals surface area contributed by atoms with Crippen molar-refractivity contribution in [2.24, 2.45) is 0 Å². The van der Waals surface area contributed by atoms with Gasteiger partial charge in [0.1, 0.15) is 23.8 Å². The van der Waals surface area contributed by atoms with Gasteiger partial charge in [-0.2, -0.15) is 4.68 Å². The number of nitrogens with zero attached hydrogens (tertiary/aromatic N) is 5. The van der Waals surface area contributed by atoms with E-state index in [0.717, 1.165) is 0 Å². The molecule has 0 saturated carbocycles. The van der Waals surface area contributed by atoms with Crippen LogP contribution in [0.3, 0.4) is 0 Å². The van der Waals surface area contributed by atoms with Crippen LogP contribution in [0.4, 0.5) is 0 Å². The number of methoxy groups -OCH3 is 1. The van der Waals surface area contributed by atoms with Gasteiger partial charge < -0.3 is 14.7 Å². The van der Waals surface area contributed by atoms with E-state index < -0.39 is 12.0 Å². The van der Waals surface area contributed by atoms with Crippen molar-refractivity contribution in [3.05, 3.63) is 30.1 Å². The minimum absolute atomic E-state index is 0.327. The number of carboxylic acid groups (broad SMARTS) is 1. The molecule has 1 aromatic heterocycles. The second-order valence-corrected chi connectivity index (χ2v) is 5.14. The zero-order valence-corrected chi connectivity index (χ0v) is 12.4. The molecule has 1 aromatic carbocycles. The van der Waals surface area contributed by atoms with Gasteiger partial charge in [0.2, 0.25) is 0 Å². The van der Waals surface area contributed by atoms with Gasteiger partial charge in [-0.1, -0.05) is 0 Å². The number of carbonyl (C=O) groups excluding carboxylic acids is 1. The minimum atomic E-state index is -0.981. The molecule has 0 radical (unpaired) electrons. The standard InChI is InChI=1S/C14H15N5O4/c1-23-12-5-4-9(7-11(12)19-8-15-16-17-19)13(20)18-6-2-3-10(18)14(21)22/h4-5,7-8,10H,2-3,6H2,1H3,(H,21,22)/t10-/m1/s1. The molecule has 1 fully saturated rings. The Balaban J connectivity index is 1.96. The summed E-state index contributed by atoms with van der Waals surface area (Å²) in [6, 6.07) is 4.05. The summed E-state index contributed by atoms with van der Waals surface area (Å²) in [6.07, 6.45) is 2.54. The predicted octanol–water partition coefficient (Wildman–Crippen LogP) is 0.360. The van der Waals surface area contributed by atoms with Crippen LogP contribution >= 0.6 is 0 Å². The van der Waals surface area contributed by atoms with Gasteiger partial charge in [-0.15, -0.1) is 5.10 Å². The summed E-state index contributed by atoms with van der Waals surface area (Å²) in [6.45, 7) is 0.433. The van der Waals surface area contributed by atoms with Gasteiger partial charge in [0.25, 0.3) is 5.91 Å². The van der Waals surface area contributed by atoms with Crippen molar-refractivity contribution < 1.29 is 19.4 Å². The predicted molar refractivity (Wildman–Crippen MR) is 77.4 cm³/mol. The van der Waals surface area contributed by atoms with Crippen molar-refractivity contribution in [1.82, 2.24) is 25.1 Å². The van der Waals surface area contributed by atoms with Crippen LogP contribution in [0.1, 0.15) is 23.2 Å². The highest BCUT2D eigenvalue weighted by molar-refractivity contribution is 5.97.